The van der Waals surface area contributed by atoms with Gasteiger partial charge in [-0.2, -0.15) is 0 Å². The summed E-state index contributed by atoms with van der Waals surface area (Å²) in [6.45, 7) is 12.2. The van der Waals surface area contributed by atoms with E-state index in [9.17, 15) is 4.79 Å². The van der Waals surface area contributed by atoms with Crippen LogP contribution in [0.3, 0.4) is 0 Å². The fourth-order valence-electron chi connectivity index (χ4n) is 2.64. The van der Waals surface area contributed by atoms with Gasteiger partial charge in [0.2, 0.25) is 5.91 Å². The van der Waals surface area contributed by atoms with Crippen molar-refractivity contribution in [2.75, 3.05) is 19.6 Å². The van der Waals surface area contributed by atoms with E-state index in [1.165, 1.54) is 5.56 Å². The van der Waals surface area contributed by atoms with Gasteiger partial charge in [0.15, 0.2) is 0 Å². The van der Waals surface area contributed by atoms with Crippen molar-refractivity contribution < 1.29 is 4.79 Å². The average Bonchev–Trinajstić information content (AvgIpc) is 2.51. The van der Waals surface area contributed by atoms with Crippen molar-refractivity contribution in [3.05, 3.63) is 35.9 Å². The van der Waals surface area contributed by atoms with E-state index in [0.29, 0.717) is 18.4 Å². The zero-order chi connectivity index (χ0) is 16.4. The van der Waals surface area contributed by atoms with Gasteiger partial charge in [-0.05, 0) is 32.3 Å². The fourth-order valence-corrected chi connectivity index (χ4v) is 2.64. The number of hydrogen-bond donors (Lipinski definition) is 0. The van der Waals surface area contributed by atoms with Crippen LogP contribution in [-0.4, -0.2) is 41.4 Å². The zero-order valence-corrected chi connectivity index (χ0v) is 14.7. The highest BCUT2D eigenvalue weighted by Crippen LogP contribution is 2.10. The summed E-state index contributed by atoms with van der Waals surface area (Å²) in [6, 6.07) is 10.9. The van der Waals surface area contributed by atoms with E-state index in [1.807, 2.05) is 11.0 Å². The lowest BCUT2D eigenvalue weighted by Gasteiger charge is -2.28. The maximum Gasteiger partial charge on any atom is 0.223 e. The van der Waals surface area contributed by atoms with Gasteiger partial charge in [0.25, 0.3) is 0 Å². The maximum absolute atomic E-state index is 12.4. The number of benzene rings is 1. The van der Waals surface area contributed by atoms with Gasteiger partial charge in [-0.15, -0.1) is 0 Å². The van der Waals surface area contributed by atoms with Crippen molar-refractivity contribution >= 4 is 5.91 Å². The second kappa shape index (κ2) is 10.4. The molecule has 0 aromatic heterocycles. The van der Waals surface area contributed by atoms with Gasteiger partial charge < -0.3 is 4.90 Å². The first-order chi connectivity index (χ1) is 10.6. The lowest BCUT2D eigenvalue weighted by Crippen LogP contribution is -2.37. The first-order valence-electron chi connectivity index (χ1n) is 8.64. The minimum Gasteiger partial charge on any atom is -0.343 e. The van der Waals surface area contributed by atoms with Gasteiger partial charge >= 0.3 is 0 Å². The third kappa shape index (κ3) is 6.61. The van der Waals surface area contributed by atoms with Crippen LogP contribution in [0.5, 0.6) is 0 Å². The Morgan fingerprint density at radius 1 is 1.00 bits per heavy atom. The molecule has 0 aliphatic rings. The van der Waals surface area contributed by atoms with Crippen LogP contribution in [0.1, 0.15) is 52.5 Å². The predicted molar refractivity (Wildman–Crippen MR) is 93.8 cm³/mol. The summed E-state index contributed by atoms with van der Waals surface area (Å²) < 4.78 is 0. The molecule has 0 spiro atoms. The summed E-state index contributed by atoms with van der Waals surface area (Å²) in [6.07, 6.45) is 2.68. The first kappa shape index (κ1) is 18.7. The molecular formula is C19H32N2O. The maximum atomic E-state index is 12.4. The molecule has 22 heavy (non-hydrogen) atoms. The van der Waals surface area contributed by atoms with Crippen LogP contribution in [0.15, 0.2) is 30.3 Å². The van der Waals surface area contributed by atoms with Crippen LogP contribution >= 0.6 is 0 Å². The minimum absolute atomic E-state index is 0.294. The Hall–Kier alpha value is -1.35. The normalized spacial score (nSPS) is 11.2. The molecule has 1 rings (SSSR count). The molecule has 0 fully saturated rings. The molecular weight excluding hydrogens is 272 g/mol. The highest BCUT2D eigenvalue weighted by atomic mass is 16.2. The number of amides is 1. The molecule has 0 atom stereocenters. The SMILES string of the molecule is CCCN(CCC)C(=O)CCN(Cc1ccccc1)C(C)C. The second-order valence-electron chi connectivity index (χ2n) is 6.18. The molecule has 1 aromatic rings. The van der Waals surface area contributed by atoms with E-state index in [4.69, 9.17) is 0 Å². The Morgan fingerprint density at radius 2 is 1.59 bits per heavy atom. The molecule has 0 aliphatic carbocycles. The molecule has 0 aliphatic heterocycles. The summed E-state index contributed by atoms with van der Waals surface area (Å²) in [5.74, 6) is 0.294. The largest absolute Gasteiger partial charge is 0.343 e. The predicted octanol–water partition coefficient (Wildman–Crippen LogP) is 3.94. The summed E-state index contributed by atoms with van der Waals surface area (Å²) in [4.78, 5) is 16.8. The minimum atomic E-state index is 0.294. The standard InChI is InChI=1S/C19H32N2O/c1-5-13-20(14-6-2)19(22)12-15-21(17(3)4)16-18-10-8-7-9-11-18/h7-11,17H,5-6,12-16H2,1-4H3. The average molecular weight is 304 g/mol. The van der Waals surface area contributed by atoms with Gasteiger partial charge in [0, 0.05) is 38.6 Å². The summed E-state index contributed by atoms with van der Waals surface area (Å²) in [5, 5.41) is 0. The molecule has 124 valence electrons. The molecule has 0 radical (unpaired) electrons. The molecule has 0 saturated carbocycles. The molecule has 0 saturated heterocycles. The number of carbonyl (C=O) groups excluding carboxylic acids is 1. The van der Waals surface area contributed by atoms with Crippen LogP contribution in [0.25, 0.3) is 0 Å². The highest BCUT2D eigenvalue weighted by Gasteiger charge is 2.15. The first-order valence-corrected chi connectivity index (χ1v) is 8.64. The van der Waals surface area contributed by atoms with Gasteiger partial charge in [0.05, 0.1) is 0 Å². The smallest absolute Gasteiger partial charge is 0.223 e. The van der Waals surface area contributed by atoms with Gasteiger partial charge in [0.1, 0.15) is 0 Å². The molecule has 0 unspecified atom stereocenters. The van der Waals surface area contributed by atoms with E-state index in [0.717, 1.165) is 39.0 Å². The number of carbonyl (C=O) groups is 1. The van der Waals surface area contributed by atoms with Gasteiger partial charge in [-0.3, -0.25) is 9.69 Å². The van der Waals surface area contributed by atoms with Crippen LogP contribution in [0.4, 0.5) is 0 Å². The van der Waals surface area contributed by atoms with Crippen molar-refractivity contribution in [1.82, 2.24) is 9.80 Å². The molecule has 3 nitrogen and oxygen atoms in total. The number of hydrogen-bond acceptors (Lipinski definition) is 2. The monoisotopic (exact) mass is 304 g/mol. The lowest BCUT2D eigenvalue weighted by atomic mass is 10.1. The van der Waals surface area contributed by atoms with E-state index in [-0.39, 0.29) is 0 Å². The molecule has 0 heterocycles. The summed E-state index contributed by atoms with van der Waals surface area (Å²) in [7, 11) is 0. The van der Waals surface area contributed by atoms with Crippen LogP contribution in [0, 0.1) is 0 Å². The Kier molecular flexibility index (Phi) is 8.83. The van der Waals surface area contributed by atoms with E-state index >= 15 is 0 Å². The molecule has 1 amide bonds. The van der Waals surface area contributed by atoms with E-state index in [2.05, 4.69) is 56.9 Å². The second-order valence-corrected chi connectivity index (χ2v) is 6.18. The van der Waals surface area contributed by atoms with Crippen molar-refractivity contribution in [2.24, 2.45) is 0 Å². The van der Waals surface area contributed by atoms with Crippen molar-refractivity contribution in [2.45, 2.75) is 59.5 Å². The van der Waals surface area contributed by atoms with Crippen molar-refractivity contribution in [3.63, 3.8) is 0 Å². The quantitative estimate of drug-likeness (QED) is 0.654. The van der Waals surface area contributed by atoms with Crippen LogP contribution in [-0.2, 0) is 11.3 Å². The third-order valence-electron chi connectivity index (χ3n) is 3.91. The summed E-state index contributed by atoms with van der Waals surface area (Å²) >= 11 is 0. The highest BCUT2D eigenvalue weighted by molar-refractivity contribution is 5.76. The van der Waals surface area contributed by atoms with Crippen LogP contribution in [0.2, 0.25) is 0 Å². The molecule has 1 aromatic carbocycles. The van der Waals surface area contributed by atoms with E-state index in [1.54, 1.807) is 0 Å². The Balaban J connectivity index is 2.54. The topological polar surface area (TPSA) is 23.6 Å². The van der Waals surface area contributed by atoms with E-state index < -0.39 is 0 Å². The van der Waals surface area contributed by atoms with Crippen molar-refractivity contribution in [1.29, 1.82) is 0 Å². The Bertz CT molecular complexity index is 411. The van der Waals surface area contributed by atoms with Gasteiger partial charge in [-0.25, -0.2) is 0 Å². The van der Waals surface area contributed by atoms with Crippen LogP contribution < -0.4 is 0 Å². The van der Waals surface area contributed by atoms with Gasteiger partial charge in [-0.1, -0.05) is 44.2 Å². The Labute approximate surface area is 136 Å². The fraction of sp³-hybridized carbons (Fsp3) is 0.632. The summed E-state index contributed by atoms with van der Waals surface area (Å²) in [5.41, 5.74) is 1.31. The molecule has 0 bridgehead atoms. The number of rotatable bonds is 10. The molecule has 0 N–H and O–H groups in total. The Morgan fingerprint density at radius 3 is 2.09 bits per heavy atom. The zero-order valence-electron chi connectivity index (χ0n) is 14.7. The van der Waals surface area contributed by atoms with Crippen molar-refractivity contribution in [3.8, 4) is 0 Å². The molecule has 3 heteroatoms. The third-order valence-corrected chi connectivity index (χ3v) is 3.91. The number of nitrogens with zero attached hydrogens (tertiary/aromatic N) is 2. The lowest BCUT2D eigenvalue weighted by molar-refractivity contribution is -0.131.